The minimum Gasteiger partial charge on any atom is -0.497 e. The minimum atomic E-state index is 0.0231. The number of methoxy groups -OCH3 is 1. The molecule has 4 nitrogen and oxygen atoms in total. The molecule has 0 aliphatic carbocycles. The van der Waals surface area contributed by atoms with Gasteiger partial charge in [-0.2, -0.15) is 0 Å². The van der Waals surface area contributed by atoms with Gasteiger partial charge in [0.25, 0.3) is 0 Å². The van der Waals surface area contributed by atoms with E-state index >= 15 is 0 Å². The van der Waals surface area contributed by atoms with E-state index in [-0.39, 0.29) is 12.0 Å². The summed E-state index contributed by atoms with van der Waals surface area (Å²) in [6, 6.07) is 5.61. The van der Waals surface area contributed by atoms with Crippen LogP contribution in [0.3, 0.4) is 0 Å². The third-order valence-electron chi connectivity index (χ3n) is 2.79. The number of nitrogens with two attached hydrogens (primary N) is 1. The van der Waals surface area contributed by atoms with Crippen LogP contribution in [0.1, 0.15) is 25.7 Å². The topological polar surface area (TPSA) is 61.3 Å². The van der Waals surface area contributed by atoms with E-state index in [1.165, 1.54) is 0 Å². The Kier molecular flexibility index (Phi) is 2.83. The first-order chi connectivity index (χ1) is 7.61. The molecule has 0 saturated heterocycles. The molecule has 0 aliphatic heterocycles. The van der Waals surface area contributed by atoms with Crippen LogP contribution in [0.2, 0.25) is 0 Å². The van der Waals surface area contributed by atoms with Crippen molar-refractivity contribution in [1.82, 2.24) is 4.98 Å². The van der Waals surface area contributed by atoms with Gasteiger partial charge in [-0.3, -0.25) is 0 Å². The standard InChI is InChI=1S/C12H16N2O2/c1-7(8(2)13)12-14-10-5-4-9(15-3)6-11(10)16-12/h4-8H,13H2,1-3H3. The Labute approximate surface area is 94.4 Å². The lowest BCUT2D eigenvalue weighted by Gasteiger charge is -2.10. The first kappa shape index (κ1) is 11.0. The van der Waals surface area contributed by atoms with E-state index < -0.39 is 0 Å². The predicted octanol–water partition coefficient (Wildman–Crippen LogP) is 2.29. The minimum absolute atomic E-state index is 0.0231. The van der Waals surface area contributed by atoms with Crippen molar-refractivity contribution in [3.05, 3.63) is 24.1 Å². The molecule has 1 heterocycles. The highest BCUT2D eigenvalue weighted by Gasteiger charge is 2.17. The number of aromatic nitrogens is 1. The van der Waals surface area contributed by atoms with E-state index in [9.17, 15) is 0 Å². The van der Waals surface area contributed by atoms with Gasteiger partial charge in [0.1, 0.15) is 11.3 Å². The monoisotopic (exact) mass is 220 g/mol. The van der Waals surface area contributed by atoms with Crippen LogP contribution in [0.5, 0.6) is 5.75 Å². The molecule has 2 atom stereocenters. The van der Waals surface area contributed by atoms with Crippen molar-refractivity contribution in [1.29, 1.82) is 0 Å². The fourth-order valence-electron chi connectivity index (χ4n) is 1.47. The Morgan fingerprint density at radius 3 is 2.75 bits per heavy atom. The maximum Gasteiger partial charge on any atom is 0.199 e. The summed E-state index contributed by atoms with van der Waals surface area (Å²) in [7, 11) is 1.63. The Hall–Kier alpha value is -1.55. The molecule has 2 unspecified atom stereocenters. The average molecular weight is 220 g/mol. The van der Waals surface area contributed by atoms with Crippen molar-refractivity contribution in [2.24, 2.45) is 5.73 Å². The Morgan fingerprint density at radius 1 is 1.38 bits per heavy atom. The van der Waals surface area contributed by atoms with Gasteiger partial charge in [0.2, 0.25) is 0 Å². The van der Waals surface area contributed by atoms with Crippen molar-refractivity contribution in [2.75, 3.05) is 7.11 Å². The van der Waals surface area contributed by atoms with E-state index in [0.29, 0.717) is 5.89 Å². The van der Waals surface area contributed by atoms with E-state index in [1.807, 2.05) is 32.0 Å². The first-order valence-corrected chi connectivity index (χ1v) is 5.32. The summed E-state index contributed by atoms with van der Waals surface area (Å²) in [6.07, 6.45) is 0. The van der Waals surface area contributed by atoms with Gasteiger partial charge in [-0.1, -0.05) is 6.92 Å². The van der Waals surface area contributed by atoms with E-state index in [4.69, 9.17) is 14.9 Å². The second-order valence-corrected chi connectivity index (χ2v) is 4.03. The lowest BCUT2D eigenvalue weighted by molar-refractivity contribution is 0.413. The molecular formula is C12H16N2O2. The zero-order valence-corrected chi connectivity index (χ0v) is 9.73. The highest BCUT2D eigenvalue weighted by atomic mass is 16.5. The molecule has 0 fully saturated rings. The van der Waals surface area contributed by atoms with E-state index in [1.54, 1.807) is 7.11 Å². The quantitative estimate of drug-likeness (QED) is 0.862. The van der Waals surface area contributed by atoms with Gasteiger partial charge < -0.3 is 14.9 Å². The van der Waals surface area contributed by atoms with Gasteiger partial charge in [-0.05, 0) is 19.1 Å². The normalized spacial score (nSPS) is 15.0. The molecule has 0 saturated carbocycles. The summed E-state index contributed by atoms with van der Waals surface area (Å²) in [4.78, 5) is 4.41. The number of hydrogen-bond donors (Lipinski definition) is 1. The highest BCUT2D eigenvalue weighted by Crippen LogP contribution is 2.25. The van der Waals surface area contributed by atoms with Crippen molar-refractivity contribution in [3.63, 3.8) is 0 Å². The Bertz CT molecular complexity index is 491. The van der Waals surface area contributed by atoms with Crippen LogP contribution < -0.4 is 10.5 Å². The predicted molar refractivity (Wildman–Crippen MR) is 62.6 cm³/mol. The molecule has 0 radical (unpaired) electrons. The van der Waals surface area contributed by atoms with Crippen LogP contribution in [0.15, 0.2) is 22.6 Å². The van der Waals surface area contributed by atoms with Gasteiger partial charge in [-0.25, -0.2) is 4.98 Å². The number of nitrogens with zero attached hydrogens (tertiary/aromatic N) is 1. The van der Waals surface area contributed by atoms with Crippen molar-refractivity contribution < 1.29 is 9.15 Å². The third kappa shape index (κ3) is 1.88. The van der Waals surface area contributed by atoms with Crippen LogP contribution >= 0.6 is 0 Å². The van der Waals surface area contributed by atoms with Gasteiger partial charge in [-0.15, -0.1) is 0 Å². The molecule has 0 aliphatic rings. The number of ether oxygens (including phenoxy) is 1. The van der Waals surface area contributed by atoms with Crippen molar-refractivity contribution >= 4 is 11.1 Å². The van der Waals surface area contributed by atoms with Crippen LogP contribution in [0.4, 0.5) is 0 Å². The molecule has 86 valence electrons. The zero-order valence-electron chi connectivity index (χ0n) is 9.73. The molecule has 1 aromatic carbocycles. The summed E-state index contributed by atoms with van der Waals surface area (Å²) in [6.45, 7) is 3.95. The molecular weight excluding hydrogens is 204 g/mol. The Morgan fingerprint density at radius 2 is 2.12 bits per heavy atom. The summed E-state index contributed by atoms with van der Waals surface area (Å²) < 4.78 is 10.8. The lowest BCUT2D eigenvalue weighted by atomic mass is 10.1. The molecule has 2 aromatic rings. The number of benzene rings is 1. The molecule has 2 N–H and O–H groups in total. The molecule has 1 aromatic heterocycles. The second-order valence-electron chi connectivity index (χ2n) is 4.03. The Balaban J connectivity index is 2.43. The summed E-state index contributed by atoms with van der Waals surface area (Å²) >= 11 is 0. The second kappa shape index (κ2) is 4.14. The van der Waals surface area contributed by atoms with Crippen LogP contribution in [-0.2, 0) is 0 Å². The SMILES string of the molecule is COc1ccc2nc(C(C)C(C)N)oc2c1. The maximum atomic E-state index is 5.82. The van der Waals surface area contributed by atoms with Crippen LogP contribution in [-0.4, -0.2) is 18.1 Å². The van der Waals surface area contributed by atoms with Gasteiger partial charge in [0, 0.05) is 18.0 Å². The fourth-order valence-corrected chi connectivity index (χ4v) is 1.47. The number of oxazole rings is 1. The van der Waals surface area contributed by atoms with Gasteiger partial charge in [0.15, 0.2) is 11.5 Å². The summed E-state index contributed by atoms with van der Waals surface area (Å²) in [5.41, 5.74) is 7.40. The number of hydrogen-bond acceptors (Lipinski definition) is 4. The van der Waals surface area contributed by atoms with Gasteiger partial charge in [0.05, 0.1) is 7.11 Å². The molecule has 16 heavy (non-hydrogen) atoms. The van der Waals surface area contributed by atoms with Crippen molar-refractivity contribution in [2.45, 2.75) is 25.8 Å². The van der Waals surface area contributed by atoms with Crippen LogP contribution in [0.25, 0.3) is 11.1 Å². The van der Waals surface area contributed by atoms with Crippen LogP contribution in [0, 0.1) is 0 Å². The number of fused-ring (bicyclic) bond motifs is 1. The van der Waals surface area contributed by atoms with E-state index in [2.05, 4.69) is 4.98 Å². The molecule has 0 bridgehead atoms. The maximum absolute atomic E-state index is 5.82. The smallest absolute Gasteiger partial charge is 0.199 e. The molecule has 0 amide bonds. The molecule has 0 spiro atoms. The third-order valence-corrected chi connectivity index (χ3v) is 2.79. The van der Waals surface area contributed by atoms with Gasteiger partial charge >= 0.3 is 0 Å². The van der Waals surface area contributed by atoms with Crippen molar-refractivity contribution in [3.8, 4) is 5.75 Å². The fraction of sp³-hybridized carbons (Fsp3) is 0.417. The summed E-state index contributed by atoms with van der Waals surface area (Å²) in [5, 5.41) is 0. The first-order valence-electron chi connectivity index (χ1n) is 5.32. The molecule has 4 heteroatoms. The molecule has 2 rings (SSSR count). The largest absolute Gasteiger partial charge is 0.497 e. The highest BCUT2D eigenvalue weighted by molar-refractivity contribution is 5.74. The summed E-state index contributed by atoms with van der Waals surface area (Å²) in [5.74, 6) is 1.56. The number of rotatable bonds is 3. The lowest BCUT2D eigenvalue weighted by Crippen LogP contribution is -2.22. The average Bonchev–Trinajstić information content (AvgIpc) is 2.69. The zero-order chi connectivity index (χ0) is 11.7. The van der Waals surface area contributed by atoms with E-state index in [0.717, 1.165) is 16.8 Å².